The number of carbonyl (C=O) groups excluding carboxylic acids is 1. The number of imidazole rings is 1. The Bertz CT molecular complexity index is 1000. The van der Waals surface area contributed by atoms with E-state index in [0.717, 1.165) is 36.0 Å². The molecule has 1 fully saturated rings. The number of hydrogen-bond donors (Lipinski definition) is 2. The molecule has 0 bridgehead atoms. The maximum absolute atomic E-state index is 12.7. The van der Waals surface area contributed by atoms with E-state index in [2.05, 4.69) is 33.9 Å². The van der Waals surface area contributed by atoms with Crippen molar-refractivity contribution in [3.05, 3.63) is 53.6 Å². The van der Waals surface area contributed by atoms with Crippen molar-refractivity contribution in [3.63, 3.8) is 0 Å². The van der Waals surface area contributed by atoms with Crippen molar-refractivity contribution < 1.29 is 4.79 Å². The third-order valence-electron chi connectivity index (χ3n) is 6.20. The molecule has 3 aromatic rings. The maximum Gasteiger partial charge on any atom is 0.255 e. The Morgan fingerprint density at radius 2 is 1.87 bits per heavy atom. The van der Waals surface area contributed by atoms with Crippen molar-refractivity contribution >= 4 is 28.6 Å². The monoisotopic (exact) mass is 404 g/mol. The van der Waals surface area contributed by atoms with Gasteiger partial charge in [-0.2, -0.15) is 0 Å². The molecule has 1 heterocycles. The zero-order chi connectivity index (χ0) is 20.9. The van der Waals surface area contributed by atoms with Crippen molar-refractivity contribution in [1.82, 2.24) is 9.55 Å². The molecule has 3 N–H and O–H groups in total. The van der Waals surface area contributed by atoms with Crippen LogP contribution in [-0.4, -0.2) is 15.5 Å². The van der Waals surface area contributed by atoms with Crippen molar-refractivity contribution in [3.8, 4) is 0 Å². The summed E-state index contributed by atoms with van der Waals surface area (Å²) in [5.41, 5.74) is 10.8. The zero-order valence-corrected chi connectivity index (χ0v) is 17.9. The largest absolute Gasteiger partial charge is 0.369 e. The summed E-state index contributed by atoms with van der Waals surface area (Å²) in [6, 6.07) is 14.2. The number of rotatable bonds is 7. The summed E-state index contributed by atoms with van der Waals surface area (Å²) in [6.45, 7) is 2.21. The Balaban J connectivity index is 1.46. The molecule has 30 heavy (non-hydrogen) atoms. The normalized spacial score (nSPS) is 14.8. The topological polar surface area (TPSA) is 72.9 Å². The number of aryl methyl sites for hydroxylation is 1. The number of nitrogen functional groups attached to an aromatic ring is 1. The fourth-order valence-electron chi connectivity index (χ4n) is 4.52. The summed E-state index contributed by atoms with van der Waals surface area (Å²) in [7, 11) is 0. The molecule has 0 spiro atoms. The molecule has 5 heteroatoms. The van der Waals surface area contributed by atoms with E-state index in [1.165, 1.54) is 44.1 Å². The van der Waals surface area contributed by atoms with Gasteiger partial charge in [0.15, 0.2) is 0 Å². The first-order valence-corrected chi connectivity index (χ1v) is 11.3. The van der Waals surface area contributed by atoms with Gasteiger partial charge in [0.25, 0.3) is 5.91 Å². The molecule has 1 aliphatic carbocycles. The Hall–Kier alpha value is -2.82. The Morgan fingerprint density at radius 3 is 2.60 bits per heavy atom. The number of fused-ring (bicyclic) bond motifs is 1. The quantitative estimate of drug-likeness (QED) is 0.467. The van der Waals surface area contributed by atoms with Crippen LogP contribution in [0, 0.1) is 0 Å². The van der Waals surface area contributed by atoms with Crippen LogP contribution in [0.4, 0.5) is 11.6 Å². The Morgan fingerprint density at radius 1 is 1.10 bits per heavy atom. The van der Waals surface area contributed by atoms with Gasteiger partial charge in [-0.1, -0.05) is 51.2 Å². The van der Waals surface area contributed by atoms with E-state index < -0.39 is 0 Å². The molecule has 2 aromatic carbocycles. The molecule has 4 rings (SSSR count). The predicted octanol–water partition coefficient (Wildman–Crippen LogP) is 6.11. The van der Waals surface area contributed by atoms with Gasteiger partial charge in [0.1, 0.15) is 0 Å². The van der Waals surface area contributed by atoms with Gasteiger partial charge in [-0.05, 0) is 61.6 Å². The molecular weight excluding hydrogens is 372 g/mol. The average molecular weight is 405 g/mol. The molecule has 1 amide bonds. The molecule has 0 unspecified atom stereocenters. The number of nitrogens with two attached hydrogens (primary N) is 1. The highest BCUT2D eigenvalue weighted by molar-refractivity contribution is 6.05. The number of unbranched alkanes of at least 4 members (excludes halogenated alkanes) is 2. The second-order valence-corrected chi connectivity index (χ2v) is 8.44. The molecule has 158 valence electrons. The Kier molecular flexibility index (Phi) is 6.36. The van der Waals surface area contributed by atoms with Crippen LogP contribution in [0.15, 0.2) is 42.5 Å². The van der Waals surface area contributed by atoms with Gasteiger partial charge in [0.05, 0.1) is 11.0 Å². The minimum Gasteiger partial charge on any atom is -0.369 e. The van der Waals surface area contributed by atoms with E-state index in [1.807, 2.05) is 30.3 Å². The predicted molar refractivity (Wildman–Crippen MR) is 124 cm³/mol. The third kappa shape index (κ3) is 4.50. The first kappa shape index (κ1) is 20.5. The van der Waals surface area contributed by atoms with Gasteiger partial charge in [-0.3, -0.25) is 4.79 Å². The van der Waals surface area contributed by atoms with E-state index in [-0.39, 0.29) is 5.91 Å². The van der Waals surface area contributed by atoms with Gasteiger partial charge < -0.3 is 15.6 Å². The number of carbonyl (C=O) groups is 1. The van der Waals surface area contributed by atoms with E-state index in [0.29, 0.717) is 17.6 Å². The van der Waals surface area contributed by atoms with Gasteiger partial charge in [0, 0.05) is 17.3 Å². The van der Waals surface area contributed by atoms with Crippen LogP contribution in [-0.2, 0) is 6.42 Å². The number of hydrogen-bond acceptors (Lipinski definition) is 3. The van der Waals surface area contributed by atoms with Crippen LogP contribution >= 0.6 is 0 Å². The van der Waals surface area contributed by atoms with E-state index in [1.54, 1.807) is 0 Å². The summed E-state index contributed by atoms with van der Waals surface area (Å²) >= 11 is 0. The lowest BCUT2D eigenvalue weighted by atomic mass is 9.95. The second-order valence-electron chi connectivity index (χ2n) is 8.44. The number of nitrogens with zero attached hydrogens (tertiary/aromatic N) is 2. The smallest absolute Gasteiger partial charge is 0.255 e. The lowest BCUT2D eigenvalue weighted by Gasteiger charge is -2.24. The van der Waals surface area contributed by atoms with Crippen LogP contribution in [0.5, 0.6) is 0 Å². The number of anilines is 2. The number of aromatic nitrogens is 2. The van der Waals surface area contributed by atoms with Crippen LogP contribution < -0.4 is 11.1 Å². The molecule has 1 saturated carbocycles. The highest BCUT2D eigenvalue weighted by Crippen LogP contribution is 2.34. The molecule has 0 saturated heterocycles. The molecule has 1 aromatic heterocycles. The maximum atomic E-state index is 12.7. The standard InChI is InChI=1S/C25H32N4O/c1-2-3-5-8-18-11-13-19(14-12-18)24(30)27-20-15-16-23-22(17-20)28-25(26)29(23)21-9-6-4-7-10-21/h11-17,21H,2-10H2,1H3,(H2,26,28)(H,27,30). The molecular formula is C25H32N4O. The van der Waals surface area contributed by atoms with Crippen LogP contribution in [0.3, 0.4) is 0 Å². The highest BCUT2D eigenvalue weighted by Gasteiger charge is 2.20. The van der Waals surface area contributed by atoms with Crippen LogP contribution in [0.1, 0.15) is 80.3 Å². The first-order valence-electron chi connectivity index (χ1n) is 11.3. The molecule has 0 atom stereocenters. The summed E-state index contributed by atoms with van der Waals surface area (Å²) in [4.78, 5) is 17.2. The highest BCUT2D eigenvalue weighted by atomic mass is 16.1. The average Bonchev–Trinajstić information content (AvgIpc) is 3.10. The molecule has 0 aliphatic heterocycles. The summed E-state index contributed by atoms with van der Waals surface area (Å²) in [6.07, 6.45) is 10.8. The molecule has 0 radical (unpaired) electrons. The first-order chi connectivity index (χ1) is 14.7. The lowest BCUT2D eigenvalue weighted by Crippen LogP contribution is -2.15. The van der Waals surface area contributed by atoms with Crippen molar-refractivity contribution in [2.75, 3.05) is 11.1 Å². The van der Waals surface area contributed by atoms with E-state index in [4.69, 9.17) is 5.73 Å². The fourth-order valence-corrected chi connectivity index (χ4v) is 4.52. The minimum atomic E-state index is -0.103. The van der Waals surface area contributed by atoms with E-state index in [9.17, 15) is 4.79 Å². The molecule has 5 nitrogen and oxygen atoms in total. The lowest BCUT2D eigenvalue weighted by molar-refractivity contribution is 0.102. The number of benzene rings is 2. The molecule has 1 aliphatic rings. The number of nitrogens with one attached hydrogen (secondary N) is 1. The SMILES string of the molecule is CCCCCc1ccc(C(=O)Nc2ccc3c(c2)nc(N)n3C2CCCCC2)cc1. The van der Waals surface area contributed by atoms with Gasteiger partial charge in [-0.15, -0.1) is 0 Å². The van der Waals surface area contributed by atoms with Gasteiger partial charge in [0.2, 0.25) is 5.95 Å². The van der Waals surface area contributed by atoms with Crippen molar-refractivity contribution in [2.24, 2.45) is 0 Å². The third-order valence-corrected chi connectivity index (χ3v) is 6.20. The second kappa shape index (κ2) is 9.33. The van der Waals surface area contributed by atoms with Gasteiger partial charge >= 0.3 is 0 Å². The minimum absolute atomic E-state index is 0.103. The summed E-state index contributed by atoms with van der Waals surface area (Å²) in [5, 5.41) is 3.00. The van der Waals surface area contributed by atoms with E-state index >= 15 is 0 Å². The fraction of sp³-hybridized carbons (Fsp3) is 0.440. The van der Waals surface area contributed by atoms with Gasteiger partial charge in [-0.25, -0.2) is 4.98 Å². The number of amides is 1. The van der Waals surface area contributed by atoms with Crippen molar-refractivity contribution in [2.45, 2.75) is 70.8 Å². The van der Waals surface area contributed by atoms with Crippen LogP contribution in [0.2, 0.25) is 0 Å². The van der Waals surface area contributed by atoms with Crippen LogP contribution in [0.25, 0.3) is 11.0 Å². The summed E-state index contributed by atoms with van der Waals surface area (Å²) in [5.74, 6) is 0.466. The Labute approximate surface area is 178 Å². The zero-order valence-electron chi connectivity index (χ0n) is 17.9. The summed E-state index contributed by atoms with van der Waals surface area (Å²) < 4.78 is 2.18. The van der Waals surface area contributed by atoms with Crippen molar-refractivity contribution in [1.29, 1.82) is 0 Å².